The van der Waals surface area contributed by atoms with E-state index in [9.17, 15) is 0 Å². The summed E-state index contributed by atoms with van der Waals surface area (Å²) < 4.78 is 0. The van der Waals surface area contributed by atoms with Gasteiger partial charge >= 0.3 is 0 Å². The third-order valence-electron chi connectivity index (χ3n) is 4.11. The predicted octanol–water partition coefficient (Wildman–Crippen LogP) is 2.75. The van der Waals surface area contributed by atoms with Crippen molar-refractivity contribution in [2.45, 2.75) is 13.3 Å². The average Bonchev–Trinajstić information content (AvgIpc) is 2.97. The van der Waals surface area contributed by atoms with Gasteiger partial charge in [0.15, 0.2) is 5.82 Å². The molecular formula is C17H22N4. The Morgan fingerprint density at radius 3 is 2.67 bits per heavy atom. The highest BCUT2D eigenvalue weighted by atomic mass is 15.3. The Bertz CT molecular complexity index is 567. The summed E-state index contributed by atoms with van der Waals surface area (Å²) >= 11 is 0. The van der Waals surface area contributed by atoms with E-state index in [2.05, 4.69) is 57.4 Å². The van der Waals surface area contributed by atoms with E-state index < -0.39 is 0 Å². The predicted molar refractivity (Wildman–Crippen MR) is 86.8 cm³/mol. The van der Waals surface area contributed by atoms with Crippen molar-refractivity contribution < 1.29 is 0 Å². The largest absolute Gasteiger partial charge is 0.371 e. The van der Waals surface area contributed by atoms with Gasteiger partial charge in [-0.3, -0.25) is 0 Å². The molecule has 2 heterocycles. The Morgan fingerprint density at radius 1 is 1.14 bits per heavy atom. The number of hydrogen-bond donors (Lipinski definition) is 0. The molecule has 1 aliphatic heterocycles. The summed E-state index contributed by atoms with van der Waals surface area (Å²) in [5.41, 5.74) is 2.29. The second-order valence-corrected chi connectivity index (χ2v) is 5.85. The van der Waals surface area contributed by atoms with E-state index in [1.807, 2.05) is 19.1 Å². The number of hydrogen-bond acceptors (Lipinski definition) is 4. The van der Waals surface area contributed by atoms with Gasteiger partial charge in [-0.2, -0.15) is 5.10 Å². The summed E-state index contributed by atoms with van der Waals surface area (Å²) in [7, 11) is 2.10. The number of aryl methyl sites for hydroxylation is 1. The van der Waals surface area contributed by atoms with Crippen LogP contribution >= 0.6 is 0 Å². The molecule has 0 unspecified atom stereocenters. The van der Waals surface area contributed by atoms with E-state index in [1.165, 1.54) is 12.1 Å². The molecule has 0 spiro atoms. The molecule has 0 radical (unpaired) electrons. The van der Waals surface area contributed by atoms with E-state index in [0.29, 0.717) is 5.92 Å². The van der Waals surface area contributed by atoms with Crippen LogP contribution in [-0.2, 0) is 0 Å². The monoisotopic (exact) mass is 282 g/mol. The van der Waals surface area contributed by atoms with Gasteiger partial charge < -0.3 is 9.80 Å². The topological polar surface area (TPSA) is 32.3 Å². The molecule has 3 rings (SSSR count). The summed E-state index contributed by atoms with van der Waals surface area (Å²) in [5, 5.41) is 8.39. The second-order valence-electron chi connectivity index (χ2n) is 5.85. The van der Waals surface area contributed by atoms with E-state index in [4.69, 9.17) is 0 Å². The smallest absolute Gasteiger partial charge is 0.150 e. The van der Waals surface area contributed by atoms with Crippen LogP contribution in [0.3, 0.4) is 0 Å². The molecule has 1 fully saturated rings. The van der Waals surface area contributed by atoms with Gasteiger partial charge in [0.25, 0.3) is 0 Å². The first-order valence-electron chi connectivity index (χ1n) is 7.54. The van der Waals surface area contributed by atoms with Gasteiger partial charge in [-0.25, -0.2) is 0 Å². The van der Waals surface area contributed by atoms with Gasteiger partial charge in [0.1, 0.15) is 0 Å². The quantitative estimate of drug-likeness (QED) is 0.863. The van der Waals surface area contributed by atoms with Crippen molar-refractivity contribution in [1.82, 2.24) is 10.2 Å². The zero-order valence-corrected chi connectivity index (χ0v) is 12.7. The molecular weight excluding hydrogens is 260 g/mol. The van der Waals surface area contributed by atoms with Gasteiger partial charge in [0, 0.05) is 32.4 Å². The molecule has 0 bridgehead atoms. The normalized spacial score (nSPS) is 18.0. The maximum absolute atomic E-state index is 4.26. The first-order chi connectivity index (χ1) is 10.2. The molecule has 1 saturated heterocycles. The van der Waals surface area contributed by atoms with Gasteiger partial charge in [-0.05, 0) is 43.5 Å². The highest BCUT2D eigenvalue weighted by Gasteiger charge is 2.24. The number of para-hydroxylation sites is 1. The molecule has 1 aliphatic rings. The van der Waals surface area contributed by atoms with E-state index in [-0.39, 0.29) is 0 Å². The lowest BCUT2D eigenvalue weighted by Gasteiger charge is -2.23. The minimum atomic E-state index is 0.679. The Balaban J connectivity index is 1.58. The minimum absolute atomic E-state index is 0.679. The lowest BCUT2D eigenvalue weighted by atomic mass is 10.1. The number of rotatable bonds is 4. The summed E-state index contributed by atoms with van der Waals surface area (Å²) in [4.78, 5) is 4.69. The standard InChI is InChI=1S/C17H22N4/c1-14-8-9-17(19-18-14)20(2)12-15-10-11-21(13-15)16-6-4-3-5-7-16/h3-9,15H,10-13H2,1-2H3/t15-/m0/s1. The average molecular weight is 282 g/mol. The fourth-order valence-corrected chi connectivity index (χ4v) is 2.93. The van der Waals surface area contributed by atoms with Crippen molar-refractivity contribution in [3.63, 3.8) is 0 Å². The molecule has 1 atom stereocenters. The van der Waals surface area contributed by atoms with Gasteiger partial charge in [0.05, 0.1) is 5.69 Å². The Hall–Kier alpha value is -2.10. The number of anilines is 2. The van der Waals surface area contributed by atoms with Crippen LogP contribution in [-0.4, -0.2) is 36.9 Å². The van der Waals surface area contributed by atoms with Crippen LogP contribution in [0.2, 0.25) is 0 Å². The number of benzene rings is 1. The van der Waals surface area contributed by atoms with Crippen LogP contribution in [0.4, 0.5) is 11.5 Å². The first-order valence-corrected chi connectivity index (χ1v) is 7.54. The van der Waals surface area contributed by atoms with Crippen LogP contribution in [0, 0.1) is 12.8 Å². The molecule has 21 heavy (non-hydrogen) atoms. The Kier molecular flexibility index (Phi) is 4.04. The van der Waals surface area contributed by atoms with Crippen molar-refractivity contribution in [2.75, 3.05) is 36.5 Å². The number of nitrogens with zero attached hydrogens (tertiary/aromatic N) is 4. The van der Waals surface area contributed by atoms with E-state index >= 15 is 0 Å². The maximum atomic E-state index is 4.26. The zero-order valence-electron chi connectivity index (χ0n) is 12.7. The molecule has 1 aromatic heterocycles. The van der Waals surface area contributed by atoms with Gasteiger partial charge in [-0.1, -0.05) is 18.2 Å². The molecule has 0 N–H and O–H groups in total. The highest BCUT2D eigenvalue weighted by molar-refractivity contribution is 5.47. The zero-order chi connectivity index (χ0) is 14.7. The van der Waals surface area contributed by atoms with Gasteiger partial charge in [0.2, 0.25) is 0 Å². The lowest BCUT2D eigenvalue weighted by Crippen LogP contribution is -2.28. The van der Waals surface area contributed by atoms with Crippen molar-refractivity contribution in [3.8, 4) is 0 Å². The molecule has 4 heteroatoms. The van der Waals surface area contributed by atoms with Crippen molar-refractivity contribution in [3.05, 3.63) is 48.2 Å². The number of aromatic nitrogens is 2. The fourth-order valence-electron chi connectivity index (χ4n) is 2.93. The Labute approximate surface area is 126 Å². The molecule has 2 aromatic rings. The SMILES string of the molecule is Cc1ccc(N(C)C[C@@H]2CCN(c3ccccc3)C2)nn1. The fraction of sp³-hybridized carbons (Fsp3) is 0.412. The molecule has 110 valence electrons. The van der Waals surface area contributed by atoms with Crippen LogP contribution in [0.25, 0.3) is 0 Å². The van der Waals surface area contributed by atoms with Crippen LogP contribution in [0.15, 0.2) is 42.5 Å². The Morgan fingerprint density at radius 2 is 1.95 bits per heavy atom. The molecule has 0 saturated carbocycles. The van der Waals surface area contributed by atoms with Crippen molar-refractivity contribution in [1.29, 1.82) is 0 Å². The van der Waals surface area contributed by atoms with Crippen molar-refractivity contribution in [2.24, 2.45) is 5.92 Å². The summed E-state index contributed by atoms with van der Waals surface area (Å²) in [6, 6.07) is 14.7. The summed E-state index contributed by atoms with van der Waals surface area (Å²) in [6.45, 7) is 5.25. The third kappa shape index (κ3) is 3.32. The second kappa shape index (κ2) is 6.12. The maximum Gasteiger partial charge on any atom is 0.150 e. The molecule has 0 amide bonds. The first kappa shape index (κ1) is 13.9. The van der Waals surface area contributed by atoms with E-state index in [0.717, 1.165) is 31.1 Å². The third-order valence-corrected chi connectivity index (χ3v) is 4.11. The highest BCUT2D eigenvalue weighted by Crippen LogP contribution is 2.24. The van der Waals surface area contributed by atoms with E-state index in [1.54, 1.807) is 0 Å². The minimum Gasteiger partial charge on any atom is -0.371 e. The summed E-state index contributed by atoms with van der Waals surface area (Å²) in [6.07, 6.45) is 1.23. The molecule has 4 nitrogen and oxygen atoms in total. The lowest BCUT2D eigenvalue weighted by molar-refractivity contribution is 0.580. The molecule has 0 aliphatic carbocycles. The summed E-state index contributed by atoms with van der Waals surface area (Å²) in [5.74, 6) is 1.64. The van der Waals surface area contributed by atoms with Gasteiger partial charge in [-0.15, -0.1) is 5.10 Å². The molecule has 1 aromatic carbocycles. The van der Waals surface area contributed by atoms with Crippen LogP contribution in [0.1, 0.15) is 12.1 Å². The van der Waals surface area contributed by atoms with Crippen molar-refractivity contribution >= 4 is 11.5 Å². The van der Waals surface area contributed by atoms with Crippen LogP contribution < -0.4 is 9.80 Å². The van der Waals surface area contributed by atoms with Crippen LogP contribution in [0.5, 0.6) is 0 Å².